The molecule has 0 unspecified atom stereocenters. The second-order valence-electron chi connectivity index (χ2n) is 8.82. The van der Waals surface area contributed by atoms with E-state index in [-0.39, 0.29) is 55.9 Å². The number of nitrogens with one attached hydrogen (secondary N) is 1. The molecule has 10 heteroatoms. The number of fused-ring (bicyclic) bond motifs is 1. The van der Waals surface area contributed by atoms with E-state index in [1.807, 2.05) is 31.2 Å². The number of amides is 1. The lowest BCUT2D eigenvalue weighted by molar-refractivity contribution is -0.168. The van der Waals surface area contributed by atoms with Gasteiger partial charge in [0.1, 0.15) is 5.82 Å². The minimum atomic E-state index is -0.679. The number of ether oxygens (including phenoxy) is 6. The first-order valence-electron chi connectivity index (χ1n) is 12.8. The highest BCUT2D eigenvalue weighted by atomic mass is 19.1. The first-order chi connectivity index (χ1) is 18.6. The maximum Gasteiger partial charge on any atom is 0.286 e. The predicted octanol–water partition coefficient (Wildman–Crippen LogP) is 3.26. The fourth-order valence-electron chi connectivity index (χ4n) is 4.42. The average Bonchev–Trinajstić information content (AvgIpc) is 3.40. The van der Waals surface area contributed by atoms with Crippen molar-refractivity contribution >= 4 is 5.91 Å². The van der Waals surface area contributed by atoms with Crippen molar-refractivity contribution in [3.05, 3.63) is 71.2 Å². The summed E-state index contributed by atoms with van der Waals surface area (Å²) in [5, 5.41) is 11.7. The van der Waals surface area contributed by atoms with Gasteiger partial charge < -0.3 is 38.8 Å². The molecule has 0 fully saturated rings. The second kappa shape index (κ2) is 14.1. The number of rotatable bonds is 14. The molecule has 2 aromatic carbocycles. The molecule has 0 radical (unpaired) electrons. The Morgan fingerprint density at radius 1 is 1.05 bits per heavy atom. The van der Waals surface area contributed by atoms with Crippen LogP contribution in [0, 0.1) is 11.7 Å². The van der Waals surface area contributed by atoms with Crippen LogP contribution in [0.1, 0.15) is 30.4 Å². The average molecular weight is 532 g/mol. The van der Waals surface area contributed by atoms with Crippen molar-refractivity contribution in [1.82, 2.24) is 5.32 Å². The van der Waals surface area contributed by atoms with E-state index in [9.17, 15) is 9.18 Å². The number of carbonyl (C=O) groups excluding carboxylic acids is 1. The lowest BCUT2D eigenvalue weighted by Gasteiger charge is -2.37. The molecular weight excluding hydrogens is 497 g/mol. The minimum Gasteiger partial charge on any atom is -0.459 e. The van der Waals surface area contributed by atoms with Gasteiger partial charge in [-0.3, -0.25) is 4.79 Å². The normalized spacial score (nSPS) is 20.1. The zero-order valence-corrected chi connectivity index (χ0v) is 21.4. The van der Waals surface area contributed by atoms with Gasteiger partial charge in [0.15, 0.2) is 17.3 Å². The maximum absolute atomic E-state index is 13.2. The molecule has 1 amide bonds. The third-order valence-corrected chi connectivity index (χ3v) is 6.29. The van der Waals surface area contributed by atoms with Crippen molar-refractivity contribution in [2.24, 2.45) is 5.92 Å². The maximum atomic E-state index is 13.2. The van der Waals surface area contributed by atoms with E-state index in [0.29, 0.717) is 44.3 Å². The van der Waals surface area contributed by atoms with Crippen molar-refractivity contribution in [3.8, 4) is 11.5 Å². The molecule has 0 saturated heterocycles. The van der Waals surface area contributed by atoms with Crippen LogP contribution >= 0.6 is 0 Å². The number of halogens is 1. The molecule has 9 nitrogen and oxygen atoms in total. The smallest absolute Gasteiger partial charge is 0.286 e. The summed E-state index contributed by atoms with van der Waals surface area (Å²) in [6.45, 7) is 4.12. The molecule has 0 aromatic heterocycles. The van der Waals surface area contributed by atoms with Crippen molar-refractivity contribution in [3.63, 3.8) is 0 Å². The van der Waals surface area contributed by atoms with E-state index in [4.69, 9.17) is 33.5 Å². The SMILES string of the molecule is CCO[C@H]1OC(C(=O)NCc2ccc(F)cc2)=C[C@@H](c2ccc3c(c2)OCO3)[C@@H]1CCOCCOCCO. The fourth-order valence-corrected chi connectivity index (χ4v) is 4.42. The number of aliphatic hydroxyl groups is 1. The third kappa shape index (κ3) is 7.44. The predicted molar refractivity (Wildman–Crippen MR) is 135 cm³/mol. The Balaban J connectivity index is 1.51. The second-order valence-corrected chi connectivity index (χ2v) is 8.82. The van der Waals surface area contributed by atoms with E-state index in [0.717, 1.165) is 11.1 Å². The van der Waals surface area contributed by atoms with E-state index in [1.54, 1.807) is 12.1 Å². The van der Waals surface area contributed by atoms with Crippen molar-refractivity contribution in [2.75, 3.05) is 46.4 Å². The molecule has 0 spiro atoms. The molecule has 4 rings (SSSR count). The summed E-state index contributed by atoms with van der Waals surface area (Å²) in [6, 6.07) is 11.7. The van der Waals surface area contributed by atoms with Gasteiger partial charge in [0, 0.05) is 31.6 Å². The first kappa shape index (κ1) is 27.8. The van der Waals surface area contributed by atoms with Crippen LogP contribution in [0.15, 0.2) is 54.3 Å². The largest absolute Gasteiger partial charge is 0.459 e. The van der Waals surface area contributed by atoms with Gasteiger partial charge in [-0.2, -0.15) is 0 Å². The van der Waals surface area contributed by atoms with Crippen LogP contribution < -0.4 is 14.8 Å². The summed E-state index contributed by atoms with van der Waals surface area (Å²) in [7, 11) is 0. The van der Waals surface area contributed by atoms with Gasteiger partial charge in [-0.25, -0.2) is 4.39 Å². The number of aliphatic hydroxyl groups excluding tert-OH is 1. The Morgan fingerprint density at radius 3 is 2.58 bits per heavy atom. The molecule has 0 saturated carbocycles. The van der Waals surface area contributed by atoms with Gasteiger partial charge in [0.2, 0.25) is 13.1 Å². The summed E-state index contributed by atoms with van der Waals surface area (Å²) < 4.78 is 47.3. The topological polar surface area (TPSA) is 105 Å². The van der Waals surface area contributed by atoms with Crippen molar-refractivity contribution < 1.29 is 42.7 Å². The van der Waals surface area contributed by atoms with Crippen LogP contribution in [0.4, 0.5) is 4.39 Å². The summed E-state index contributed by atoms with van der Waals surface area (Å²) in [5.74, 6) is 0.373. The number of carbonyl (C=O) groups is 1. The van der Waals surface area contributed by atoms with E-state index >= 15 is 0 Å². The van der Waals surface area contributed by atoms with Gasteiger partial charge >= 0.3 is 0 Å². The molecular formula is C28H34FNO8. The van der Waals surface area contributed by atoms with Gasteiger partial charge in [-0.15, -0.1) is 0 Å². The Labute approximate surface area is 221 Å². The summed E-state index contributed by atoms with van der Waals surface area (Å²) in [4.78, 5) is 13.1. The first-order valence-corrected chi connectivity index (χ1v) is 12.8. The number of benzene rings is 2. The number of hydrogen-bond donors (Lipinski definition) is 2. The quantitative estimate of drug-likeness (QED) is 0.358. The number of hydrogen-bond acceptors (Lipinski definition) is 8. The van der Waals surface area contributed by atoms with E-state index < -0.39 is 6.29 Å². The molecule has 2 N–H and O–H groups in total. The van der Waals surface area contributed by atoms with Gasteiger partial charge in [0.05, 0.1) is 26.4 Å². The molecule has 38 heavy (non-hydrogen) atoms. The monoisotopic (exact) mass is 531 g/mol. The summed E-state index contributed by atoms with van der Waals surface area (Å²) >= 11 is 0. The lowest BCUT2D eigenvalue weighted by atomic mass is 9.81. The van der Waals surface area contributed by atoms with Crippen molar-refractivity contribution in [1.29, 1.82) is 0 Å². The fraction of sp³-hybridized carbons (Fsp3) is 0.464. The Hall–Kier alpha value is -3.18. The summed E-state index contributed by atoms with van der Waals surface area (Å²) in [5.41, 5.74) is 1.70. The van der Waals surface area contributed by atoms with Gasteiger partial charge in [-0.1, -0.05) is 18.2 Å². The van der Waals surface area contributed by atoms with Crippen LogP contribution in [-0.2, 0) is 30.3 Å². The van der Waals surface area contributed by atoms with Gasteiger partial charge in [0.25, 0.3) is 5.91 Å². The number of allylic oxidation sites excluding steroid dienone is 1. The van der Waals surface area contributed by atoms with Crippen molar-refractivity contribution in [2.45, 2.75) is 32.1 Å². The Kier molecular flexibility index (Phi) is 10.3. The molecule has 3 atom stereocenters. The summed E-state index contributed by atoms with van der Waals surface area (Å²) in [6.07, 6.45) is 1.73. The highest BCUT2D eigenvalue weighted by Gasteiger charge is 2.38. The molecule has 2 heterocycles. The van der Waals surface area contributed by atoms with Crippen LogP contribution in [0.3, 0.4) is 0 Å². The zero-order valence-electron chi connectivity index (χ0n) is 21.4. The van der Waals surface area contributed by atoms with Crippen LogP contribution in [0.25, 0.3) is 0 Å². The Morgan fingerprint density at radius 2 is 1.82 bits per heavy atom. The minimum absolute atomic E-state index is 0.0290. The molecule has 0 bridgehead atoms. The van der Waals surface area contributed by atoms with E-state index in [1.165, 1.54) is 12.1 Å². The standard InChI is InChI=1S/C28H34FNO8/c1-2-35-28-22(9-11-33-13-14-34-12-10-31)23(20-5-8-24-25(15-20)37-18-36-24)16-26(38-28)27(32)30-17-19-3-6-21(29)7-4-19/h3-8,15-16,22-23,28,31H,2,9-14,17-18H2,1H3,(H,30,32)/t22-,23-,28-/m0/s1. The third-order valence-electron chi connectivity index (χ3n) is 6.29. The zero-order chi connectivity index (χ0) is 26.7. The molecule has 2 aromatic rings. The molecule has 2 aliphatic rings. The highest BCUT2D eigenvalue weighted by Crippen LogP contribution is 2.42. The molecule has 0 aliphatic carbocycles. The van der Waals surface area contributed by atoms with Crippen LogP contribution in [0.5, 0.6) is 11.5 Å². The molecule has 206 valence electrons. The van der Waals surface area contributed by atoms with Crippen LogP contribution in [0.2, 0.25) is 0 Å². The van der Waals surface area contributed by atoms with E-state index in [2.05, 4.69) is 5.32 Å². The lowest BCUT2D eigenvalue weighted by Crippen LogP contribution is -2.39. The Bertz CT molecular complexity index is 1080. The highest BCUT2D eigenvalue weighted by molar-refractivity contribution is 5.91. The van der Waals surface area contributed by atoms with Crippen LogP contribution in [-0.4, -0.2) is 63.7 Å². The van der Waals surface area contributed by atoms with Gasteiger partial charge in [-0.05, 0) is 54.8 Å². The molecule has 2 aliphatic heterocycles.